The van der Waals surface area contributed by atoms with Crippen LogP contribution in [0.3, 0.4) is 0 Å². The monoisotopic (exact) mass is 388 g/mol. The van der Waals surface area contributed by atoms with Crippen LogP contribution in [0.2, 0.25) is 0 Å². The van der Waals surface area contributed by atoms with E-state index >= 15 is 0 Å². The lowest BCUT2D eigenvalue weighted by atomic mass is 9.91. The number of hydrogen-bond acceptors (Lipinski definition) is 4. The van der Waals surface area contributed by atoms with Gasteiger partial charge in [-0.05, 0) is 63.7 Å². The smallest absolute Gasteiger partial charge is 0.411 e. The molecule has 1 saturated heterocycles. The molecular formula is C23H36N2O3. The number of anilines is 1. The van der Waals surface area contributed by atoms with Crippen molar-refractivity contribution >= 4 is 11.8 Å². The van der Waals surface area contributed by atoms with Crippen LogP contribution in [0.4, 0.5) is 10.5 Å². The maximum atomic E-state index is 12.5. The van der Waals surface area contributed by atoms with Crippen molar-refractivity contribution in [2.24, 2.45) is 0 Å². The van der Waals surface area contributed by atoms with E-state index in [-0.39, 0.29) is 12.2 Å². The van der Waals surface area contributed by atoms with E-state index in [0.717, 1.165) is 50.2 Å². The van der Waals surface area contributed by atoms with Gasteiger partial charge in [-0.2, -0.15) is 0 Å². The Balaban J connectivity index is 1.47. The van der Waals surface area contributed by atoms with Crippen molar-refractivity contribution in [1.29, 1.82) is 0 Å². The van der Waals surface area contributed by atoms with E-state index in [4.69, 9.17) is 9.47 Å². The molecule has 1 aliphatic carbocycles. The summed E-state index contributed by atoms with van der Waals surface area (Å²) in [5.74, 6) is 0.793. The van der Waals surface area contributed by atoms with Gasteiger partial charge in [0.15, 0.2) is 0 Å². The third kappa shape index (κ3) is 6.40. The van der Waals surface area contributed by atoms with Gasteiger partial charge in [0.2, 0.25) is 0 Å². The van der Waals surface area contributed by atoms with Gasteiger partial charge >= 0.3 is 6.09 Å². The Hall–Kier alpha value is -1.75. The molecule has 2 aliphatic rings. The van der Waals surface area contributed by atoms with Gasteiger partial charge in [0.1, 0.15) is 11.9 Å². The molecule has 1 saturated carbocycles. The Morgan fingerprint density at radius 2 is 1.93 bits per heavy atom. The van der Waals surface area contributed by atoms with E-state index in [2.05, 4.69) is 17.1 Å². The Labute approximate surface area is 169 Å². The van der Waals surface area contributed by atoms with Crippen molar-refractivity contribution in [2.75, 3.05) is 25.0 Å². The SMILES string of the molecule is CCCCCCOc1cccc(NC(=O)O[C@@H]2CCCC[C@H]2N2CCCC2)c1. The highest BCUT2D eigenvalue weighted by Gasteiger charge is 2.34. The Bertz CT molecular complexity index is 601. The topological polar surface area (TPSA) is 50.8 Å². The lowest BCUT2D eigenvalue weighted by Crippen LogP contribution is -2.46. The van der Waals surface area contributed by atoms with Gasteiger partial charge in [0, 0.05) is 17.8 Å². The van der Waals surface area contributed by atoms with Crippen molar-refractivity contribution in [3.05, 3.63) is 24.3 Å². The Kier molecular flexibility index (Phi) is 8.46. The average Bonchev–Trinajstić information content (AvgIpc) is 3.23. The molecule has 156 valence electrons. The van der Waals surface area contributed by atoms with E-state index in [0.29, 0.717) is 12.6 Å². The highest BCUT2D eigenvalue weighted by atomic mass is 16.6. The first kappa shape index (κ1) is 21.0. The number of carbonyl (C=O) groups excluding carboxylic acids is 1. The maximum Gasteiger partial charge on any atom is 0.411 e. The molecule has 0 unspecified atom stereocenters. The zero-order chi connectivity index (χ0) is 19.6. The number of rotatable bonds is 9. The summed E-state index contributed by atoms with van der Waals surface area (Å²) in [4.78, 5) is 15.0. The Morgan fingerprint density at radius 1 is 1.11 bits per heavy atom. The van der Waals surface area contributed by atoms with Crippen molar-refractivity contribution in [3.63, 3.8) is 0 Å². The minimum Gasteiger partial charge on any atom is -0.494 e. The summed E-state index contributed by atoms with van der Waals surface area (Å²) < 4.78 is 11.7. The fourth-order valence-electron chi connectivity index (χ4n) is 4.37. The second kappa shape index (κ2) is 11.3. The summed E-state index contributed by atoms with van der Waals surface area (Å²) in [7, 11) is 0. The van der Waals surface area contributed by atoms with Crippen molar-refractivity contribution in [3.8, 4) is 5.75 Å². The van der Waals surface area contributed by atoms with E-state index in [1.54, 1.807) is 0 Å². The third-order valence-electron chi connectivity index (χ3n) is 5.88. The molecule has 0 radical (unpaired) electrons. The molecule has 1 heterocycles. The lowest BCUT2D eigenvalue weighted by molar-refractivity contribution is 0.0176. The number of nitrogens with one attached hydrogen (secondary N) is 1. The summed E-state index contributed by atoms with van der Waals surface area (Å²) in [6.07, 6.45) is 11.4. The molecule has 1 aliphatic heterocycles. The van der Waals surface area contributed by atoms with Crippen LogP contribution in [0.25, 0.3) is 0 Å². The van der Waals surface area contributed by atoms with Gasteiger partial charge in [-0.3, -0.25) is 10.2 Å². The van der Waals surface area contributed by atoms with Gasteiger partial charge in [0.05, 0.1) is 6.61 Å². The van der Waals surface area contributed by atoms with Crippen LogP contribution in [-0.4, -0.2) is 42.8 Å². The minimum absolute atomic E-state index is 0.00449. The zero-order valence-electron chi connectivity index (χ0n) is 17.3. The second-order valence-electron chi connectivity index (χ2n) is 8.10. The maximum absolute atomic E-state index is 12.5. The van der Waals surface area contributed by atoms with Crippen LogP contribution >= 0.6 is 0 Å². The Morgan fingerprint density at radius 3 is 2.75 bits per heavy atom. The fourth-order valence-corrected chi connectivity index (χ4v) is 4.37. The van der Waals surface area contributed by atoms with Crippen LogP contribution in [0.15, 0.2) is 24.3 Å². The summed E-state index contributed by atoms with van der Waals surface area (Å²) in [6, 6.07) is 7.98. The molecule has 2 fully saturated rings. The summed E-state index contributed by atoms with van der Waals surface area (Å²) in [5.41, 5.74) is 0.726. The van der Waals surface area contributed by atoms with E-state index in [1.807, 2.05) is 24.3 Å². The lowest BCUT2D eigenvalue weighted by Gasteiger charge is -2.37. The van der Waals surface area contributed by atoms with Crippen LogP contribution < -0.4 is 10.1 Å². The molecule has 2 atom stereocenters. The summed E-state index contributed by atoms with van der Waals surface area (Å²) in [6.45, 7) is 5.21. The molecule has 5 heteroatoms. The normalized spacial score (nSPS) is 22.8. The number of unbranched alkanes of at least 4 members (excludes halogenated alkanes) is 3. The number of amides is 1. The largest absolute Gasteiger partial charge is 0.494 e. The van der Waals surface area contributed by atoms with Crippen LogP contribution in [0, 0.1) is 0 Å². The van der Waals surface area contributed by atoms with Gasteiger partial charge in [-0.15, -0.1) is 0 Å². The zero-order valence-corrected chi connectivity index (χ0v) is 17.3. The predicted octanol–water partition coefficient (Wildman–Crippen LogP) is 5.60. The van der Waals surface area contributed by atoms with Crippen LogP contribution in [-0.2, 0) is 4.74 Å². The second-order valence-corrected chi connectivity index (χ2v) is 8.10. The predicted molar refractivity (Wildman–Crippen MR) is 113 cm³/mol. The number of carbonyl (C=O) groups is 1. The highest BCUT2D eigenvalue weighted by Crippen LogP contribution is 2.28. The molecular weight excluding hydrogens is 352 g/mol. The summed E-state index contributed by atoms with van der Waals surface area (Å²) in [5, 5.41) is 2.89. The molecule has 1 N–H and O–H groups in total. The molecule has 1 aromatic carbocycles. The highest BCUT2D eigenvalue weighted by molar-refractivity contribution is 5.85. The molecule has 1 amide bonds. The third-order valence-corrected chi connectivity index (χ3v) is 5.88. The standard InChI is InChI=1S/C23H36N2O3/c1-2-3-4-9-17-27-20-12-10-11-19(18-20)24-23(26)28-22-14-6-5-13-21(22)25-15-7-8-16-25/h10-12,18,21-22H,2-9,13-17H2,1H3,(H,24,26)/t21-,22-/m1/s1. The first-order valence-corrected chi connectivity index (χ1v) is 11.2. The first-order valence-electron chi connectivity index (χ1n) is 11.2. The number of hydrogen-bond donors (Lipinski definition) is 1. The number of benzene rings is 1. The van der Waals surface area contributed by atoms with Gasteiger partial charge in [-0.1, -0.05) is 38.7 Å². The van der Waals surface area contributed by atoms with Gasteiger partial charge < -0.3 is 9.47 Å². The molecule has 0 bridgehead atoms. The van der Waals surface area contributed by atoms with E-state index in [9.17, 15) is 4.79 Å². The van der Waals surface area contributed by atoms with Crippen molar-refractivity contribution < 1.29 is 14.3 Å². The van der Waals surface area contributed by atoms with E-state index in [1.165, 1.54) is 38.5 Å². The van der Waals surface area contributed by atoms with Crippen LogP contribution in [0.5, 0.6) is 5.75 Å². The van der Waals surface area contributed by atoms with E-state index < -0.39 is 0 Å². The van der Waals surface area contributed by atoms with Crippen LogP contribution in [0.1, 0.15) is 71.1 Å². The molecule has 5 nitrogen and oxygen atoms in total. The van der Waals surface area contributed by atoms with Gasteiger partial charge in [-0.25, -0.2) is 4.79 Å². The molecule has 3 rings (SSSR count). The van der Waals surface area contributed by atoms with Crippen molar-refractivity contribution in [2.45, 2.75) is 83.3 Å². The molecule has 28 heavy (non-hydrogen) atoms. The first-order chi connectivity index (χ1) is 13.8. The molecule has 0 aromatic heterocycles. The van der Waals surface area contributed by atoms with Crippen molar-refractivity contribution in [1.82, 2.24) is 4.90 Å². The fraction of sp³-hybridized carbons (Fsp3) is 0.696. The number of likely N-dealkylation sites (tertiary alicyclic amines) is 1. The summed E-state index contributed by atoms with van der Waals surface area (Å²) >= 11 is 0. The minimum atomic E-state index is -0.351. The quantitative estimate of drug-likeness (QED) is 0.559. The molecule has 0 spiro atoms. The number of ether oxygens (including phenoxy) is 2. The average molecular weight is 389 g/mol. The molecule has 1 aromatic rings. The number of nitrogens with zero attached hydrogens (tertiary/aromatic N) is 1. The van der Waals surface area contributed by atoms with Gasteiger partial charge in [0.25, 0.3) is 0 Å².